The van der Waals surface area contributed by atoms with Gasteiger partial charge in [0.05, 0.1) is 11.0 Å². The molecule has 0 saturated heterocycles. The minimum Gasteiger partial charge on any atom is -0.413 e. The quantitative estimate of drug-likeness (QED) is 0.549. The van der Waals surface area contributed by atoms with Crippen LogP contribution in [0.5, 0.6) is 0 Å². The van der Waals surface area contributed by atoms with E-state index in [0.717, 1.165) is 32.8 Å². The van der Waals surface area contributed by atoms with E-state index in [9.17, 15) is 0 Å². The highest BCUT2D eigenvalue weighted by Crippen LogP contribution is 2.29. The first-order chi connectivity index (χ1) is 9.88. The van der Waals surface area contributed by atoms with E-state index in [2.05, 4.69) is 24.3 Å². The van der Waals surface area contributed by atoms with Gasteiger partial charge in [-0.1, -0.05) is 36.4 Å². The molecule has 0 aliphatic heterocycles. The lowest BCUT2D eigenvalue weighted by Crippen LogP contribution is -2.09. The van der Waals surface area contributed by atoms with Crippen molar-refractivity contribution in [3.8, 4) is 0 Å². The van der Waals surface area contributed by atoms with E-state index in [1.807, 2.05) is 42.0 Å². The average Bonchev–Trinajstić information content (AvgIpc) is 2.80. The van der Waals surface area contributed by atoms with E-state index in [0.29, 0.717) is 6.61 Å². The molecule has 0 amide bonds. The van der Waals surface area contributed by atoms with Gasteiger partial charge in [-0.25, -0.2) is 4.98 Å². The summed E-state index contributed by atoms with van der Waals surface area (Å²) >= 11 is 0. The second-order valence-corrected chi connectivity index (χ2v) is 4.78. The van der Waals surface area contributed by atoms with Crippen molar-refractivity contribution in [2.24, 2.45) is 0 Å². The van der Waals surface area contributed by atoms with E-state index >= 15 is 0 Å². The van der Waals surface area contributed by atoms with Crippen LogP contribution in [-0.4, -0.2) is 16.3 Å². The Bertz CT molecular complexity index is 924. The molecule has 98 valence electrons. The molecule has 0 N–H and O–H groups in total. The second-order valence-electron chi connectivity index (χ2n) is 4.78. The van der Waals surface area contributed by atoms with Gasteiger partial charge in [-0.15, -0.1) is 0 Å². The summed E-state index contributed by atoms with van der Waals surface area (Å²) in [7, 11) is 0. The summed E-state index contributed by atoms with van der Waals surface area (Å²) in [6.45, 7) is 2.62. The van der Waals surface area contributed by atoms with Crippen molar-refractivity contribution < 1.29 is 4.84 Å². The predicted molar refractivity (Wildman–Crippen MR) is 81.9 cm³/mol. The lowest BCUT2D eigenvalue weighted by molar-refractivity contribution is 0.142. The van der Waals surface area contributed by atoms with Crippen molar-refractivity contribution in [2.75, 3.05) is 6.61 Å². The van der Waals surface area contributed by atoms with Gasteiger partial charge in [0, 0.05) is 10.8 Å². The Morgan fingerprint density at radius 3 is 2.70 bits per heavy atom. The number of hydrogen-bond donors (Lipinski definition) is 0. The Morgan fingerprint density at radius 1 is 1.00 bits per heavy atom. The maximum atomic E-state index is 5.80. The Morgan fingerprint density at radius 2 is 1.80 bits per heavy atom. The molecule has 20 heavy (non-hydrogen) atoms. The largest absolute Gasteiger partial charge is 0.413 e. The number of fused-ring (bicyclic) bond motifs is 4. The van der Waals surface area contributed by atoms with Crippen molar-refractivity contribution in [3.05, 3.63) is 54.6 Å². The molecule has 0 atom stereocenters. The van der Waals surface area contributed by atoms with Crippen LogP contribution in [0.15, 0.2) is 54.6 Å². The minimum atomic E-state index is 0.626. The van der Waals surface area contributed by atoms with Gasteiger partial charge >= 0.3 is 0 Å². The third-order valence-electron chi connectivity index (χ3n) is 3.56. The number of hydrogen-bond acceptors (Lipinski definition) is 2. The molecular formula is C17H14N2O. The molecule has 2 aromatic heterocycles. The summed E-state index contributed by atoms with van der Waals surface area (Å²) in [6, 6.07) is 18.5. The van der Waals surface area contributed by atoms with Gasteiger partial charge in [0.1, 0.15) is 17.6 Å². The fourth-order valence-corrected chi connectivity index (χ4v) is 2.71. The molecule has 2 heterocycles. The Hall–Kier alpha value is -2.55. The molecule has 0 fully saturated rings. The molecule has 3 heteroatoms. The number of benzene rings is 2. The Kier molecular flexibility index (Phi) is 2.39. The van der Waals surface area contributed by atoms with E-state index in [-0.39, 0.29) is 0 Å². The van der Waals surface area contributed by atoms with Crippen LogP contribution >= 0.6 is 0 Å². The third kappa shape index (κ3) is 1.50. The smallest absolute Gasteiger partial charge is 0.112 e. The van der Waals surface area contributed by atoms with Crippen LogP contribution in [0.2, 0.25) is 0 Å². The van der Waals surface area contributed by atoms with Crippen LogP contribution in [0, 0.1) is 0 Å². The standard InChI is InChI=1S/C17H14N2O/c1-2-20-19-15-10-6-4-8-13(15)17-16(19)11-12-7-3-5-9-14(12)18-17/h3-11H,2H2,1H3. The summed E-state index contributed by atoms with van der Waals surface area (Å²) < 4.78 is 1.89. The van der Waals surface area contributed by atoms with Crippen molar-refractivity contribution >= 4 is 32.8 Å². The molecule has 0 saturated carbocycles. The third-order valence-corrected chi connectivity index (χ3v) is 3.56. The van der Waals surface area contributed by atoms with E-state index < -0.39 is 0 Å². The molecular weight excluding hydrogens is 248 g/mol. The highest BCUT2D eigenvalue weighted by atomic mass is 16.7. The summed E-state index contributed by atoms with van der Waals surface area (Å²) in [4.78, 5) is 10.6. The normalized spacial score (nSPS) is 11.4. The zero-order valence-electron chi connectivity index (χ0n) is 11.2. The van der Waals surface area contributed by atoms with Crippen molar-refractivity contribution in [2.45, 2.75) is 6.92 Å². The molecule has 0 spiro atoms. The lowest BCUT2D eigenvalue weighted by atomic mass is 10.2. The summed E-state index contributed by atoms with van der Waals surface area (Å²) in [5.74, 6) is 0. The van der Waals surface area contributed by atoms with E-state index in [1.54, 1.807) is 0 Å². The van der Waals surface area contributed by atoms with Gasteiger partial charge in [0.15, 0.2) is 0 Å². The Balaban J connectivity index is 2.22. The first kappa shape index (κ1) is 11.3. The van der Waals surface area contributed by atoms with E-state index in [4.69, 9.17) is 9.82 Å². The number of aromatic nitrogens is 2. The van der Waals surface area contributed by atoms with Gasteiger partial charge < -0.3 is 4.84 Å². The number of nitrogens with zero attached hydrogens (tertiary/aromatic N) is 2. The van der Waals surface area contributed by atoms with Gasteiger partial charge in [0.25, 0.3) is 0 Å². The maximum Gasteiger partial charge on any atom is 0.112 e. The molecule has 0 radical (unpaired) electrons. The molecule has 2 aromatic carbocycles. The fraction of sp³-hybridized carbons (Fsp3) is 0.118. The fourth-order valence-electron chi connectivity index (χ4n) is 2.71. The second kappa shape index (κ2) is 4.23. The van der Waals surface area contributed by atoms with E-state index in [1.165, 1.54) is 0 Å². The average molecular weight is 262 g/mol. The molecule has 0 unspecified atom stereocenters. The maximum absolute atomic E-state index is 5.80. The van der Waals surface area contributed by atoms with Gasteiger partial charge in [-0.05, 0) is 25.1 Å². The molecule has 0 bridgehead atoms. The van der Waals surface area contributed by atoms with Crippen LogP contribution < -0.4 is 4.84 Å². The van der Waals surface area contributed by atoms with Gasteiger partial charge in [-0.3, -0.25) is 0 Å². The van der Waals surface area contributed by atoms with Gasteiger partial charge in [-0.2, -0.15) is 4.73 Å². The molecule has 3 nitrogen and oxygen atoms in total. The highest BCUT2D eigenvalue weighted by molar-refractivity contribution is 6.08. The number of rotatable bonds is 2. The van der Waals surface area contributed by atoms with Crippen LogP contribution in [0.1, 0.15) is 6.92 Å². The van der Waals surface area contributed by atoms with Crippen LogP contribution in [0.25, 0.3) is 32.8 Å². The van der Waals surface area contributed by atoms with Crippen LogP contribution in [0.3, 0.4) is 0 Å². The van der Waals surface area contributed by atoms with Crippen molar-refractivity contribution in [1.82, 2.24) is 9.71 Å². The van der Waals surface area contributed by atoms with Gasteiger partial charge in [0.2, 0.25) is 0 Å². The summed E-state index contributed by atoms with van der Waals surface area (Å²) in [5, 5.41) is 2.26. The first-order valence-electron chi connectivity index (χ1n) is 6.80. The van der Waals surface area contributed by atoms with Crippen LogP contribution in [0.4, 0.5) is 0 Å². The number of pyridine rings is 1. The Labute approximate surface area is 116 Å². The number of para-hydroxylation sites is 2. The molecule has 4 aromatic rings. The topological polar surface area (TPSA) is 27.1 Å². The predicted octanol–water partition coefficient (Wildman–Crippen LogP) is 3.79. The zero-order chi connectivity index (χ0) is 13.5. The highest BCUT2D eigenvalue weighted by Gasteiger charge is 2.13. The lowest BCUT2D eigenvalue weighted by Gasteiger charge is -2.07. The molecule has 4 rings (SSSR count). The van der Waals surface area contributed by atoms with Crippen LogP contribution in [-0.2, 0) is 0 Å². The van der Waals surface area contributed by atoms with Crippen molar-refractivity contribution in [1.29, 1.82) is 0 Å². The monoisotopic (exact) mass is 262 g/mol. The zero-order valence-corrected chi connectivity index (χ0v) is 11.2. The first-order valence-corrected chi connectivity index (χ1v) is 6.80. The summed E-state index contributed by atoms with van der Waals surface area (Å²) in [5.41, 5.74) is 4.09. The minimum absolute atomic E-state index is 0.626. The molecule has 0 aliphatic carbocycles. The summed E-state index contributed by atoms with van der Waals surface area (Å²) in [6.07, 6.45) is 0. The molecule has 0 aliphatic rings. The van der Waals surface area contributed by atoms with Crippen molar-refractivity contribution in [3.63, 3.8) is 0 Å². The SMILES string of the molecule is CCOn1c2ccccc2c2nc3ccccc3cc21.